The Morgan fingerprint density at radius 2 is 1.80 bits per heavy atom. The second kappa shape index (κ2) is 8.03. The average molecular weight is 341 g/mol. The molecule has 0 bridgehead atoms. The van der Waals surface area contributed by atoms with Crippen molar-refractivity contribution >= 4 is 17.3 Å². The minimum Gasteiger partial charge on any atom is -0.497 e. The van der Waals surface area contributed by atoms with Gasteiger partial charge in [-0.25, -0.2) is 0 Å². The molecule has 0 atom stereocenters. The number of amides is 1. The molecule has 1 amide bonds. The number of carbonyl (C=O) groups is 1. The molecule has 0 spiro atoms. The highest BCUT2D eigenvalue weighted by Crippen LogP contribution is 2.24. The molecule has 0 fully saturated rings. The van der Waals surface area contributed by atoms with Gasteiger partial charge in [0.05, 0.1) is 18.4 Å². The predicted octanol–water partition coefficient (Wildman–Crippen LogP) is 3.50. The van der Waals surface area contributed by atoms with E-state index in [1.54, 1.807) is 12.0 Å². The van der Waals surface area contributed by atoms with Crippen LogP contribution in [-0.2, 0) is 0 Å². The summed E-state index contributed by atoms with van der Waals surface area (Å²) in [7, 11) is 3.44. The van der Waals surface area contributed by atoms with Crippen molar-refractivity contribution in [3.63, 3.8) is 0 Å². The van der Waals surface area contributed by atoms with Gasteiger partial charge in [-0.15, -0.1) is 0 Å². The molecule has 0 aliphatic heterocycles. The van der Waals surface area contributed by atoms with Crippen molar-refractivity contribution < 1.29 is 9.53 Å². The molecule has 2 aromatic carbocycles. The van der Waals surface area contributed by atoms with E-state index in [2.05, 4.69) is 19.2 Å². The van der Waals surface area contributed by atoms with E-state index in [1.807, 2.05) is 55.6 Å². The number of methoxy groups -OCH3 is 1. The van der Waals surface area contributed by atoms with Gasteiger partial charge in [-0.3, -0.25) is 4.79 Å². The second-order valence-electron chi connectivity index (χ2n) is 6.93. The van der Waals surface area contributed by atoms with Gasteiger partial charge in [-0.05, 0) is 48.4 Å². The Morgan fingerprint density at radius 1 is 1.16 bits per heavy atom. The molecular weight excluding hydrogens is 314 g/mol. The molecule has 134 valence electrons. The van der Waals surface area contributed by atoms with E-state index in [9.17, 15) is 4.79 Å². The lowest BCUT2D eigenvalue weighted by molar-refractivity contribution is 0.0741. The average Bonchev–Trinajstić information content (AvgIpc) is 2.62. The highest BCUT2D eigenvalue weighted by molar-refractivity contribution is 6.00. The minimum absolute atomic E-state index is 0.0295. The lowest BCUT2D eigenvalue weighted by atomic mass is 9.93. The third-order valence-corrected chi connectivity index (χ3v) is 4.09. The van der Waals surface area contributed by atoms with Gasteiger partial charge in [0.1, 0.15) is 5.75 Å². The SMILES string of the molecule is COc1ccc(Nc2ccccc2C(=O)N(C)CC(C)(C)CN)cc1. The molecule has 5 nitrogen and oxygen atoms in total. The van der Waals surface area contributed by atoms with Crippen molar-refractivity contribution in [1.29, 1.82) is 0 Å². The van der Waals surface area contributed by atoms with Crippen molar-refractivity contribution in [2.45, 2.75) is 13.8 Å². The number of hydrogen-bond acceptors (Lipinski definition) is 4. The van der Waals surface area contributed by atoms with Crippen LogP contribution in [0.25, 0.3) is 0 Å². The molecule has 0 aromatic heterocycles. The molecule has 0 saturated heterocycles. The van der Waals surface area contributed by atoms with Crippen LogP contribution in [-0.4, -0.2) is 38.1 Å². The quantitative estimate of drug-likeness (QED) is 0.809. The van der Waals surface area contributed by atoms with Crippen molar-refractivity contribution in [2.75, 3.05) is 32.6 Å². The van der Waals surface area contributed by atoms with Gasteiger partial charge < -0.3 is 20.7 Å². The first-order chi connectivity index (χ1) is 11.9. The molecule has 0 heterocycles. The highest BCUT2D eigenvalue weighted by atomic mass is 16.5. The zero-order valence-corrected chi connectivity index (χ0v) is 15.4. The van der Waals surface area contributed by atoms with E-state index in [0.29, 0.717) is 18.7 Å². The van der Waals surface area contributed by atoms with Crippen LogP contribution in [0.15, 0.2) is 48.5 Å². The van der Waals surface area contributed by atoms with Gasteiger partial charge in [0.2, 0.25) is 0 Å². The molecule has 0 saturated carbocycles. The normalized spacial score (nSPS) is 11.1. The number of benzene rings is 2. The minimum atomic E-state index is -0.122. The molecule has 3 N–H and O–H groups in total. The molecule has 0 aliphatic carbocycles. The predicted molar refractivity (Wildman–Crippen MR) is 103 cm³/mol. The Labute approximate surface area is 149 Å². The van der Waals surface area contributed by atoms with Crippen LogP contribution in [0.2, 0.25) is 0 Å². The number of nitrogens with zero attached hydrogens (tertiary/aromatic N) is 1. The number of hydrogen-bond donors (Lipinski definition) is 2. The van der Waals surface area contributed by atoms with E-state index in [1.165, 1.54) is 0 Å². The number of nitrogens with two attached hydrogens (primary N) is 1. The van der Waals surface area contributed by atoms with Gasteiger partial charge in [0, 0.05) is 19.3 Å². The number of carbonyl (C=O) groups excluding carboxylic acids is 1. The first-order valence-electron chi connectivity index (χ1n) is 8.32. The Kier molecular flexibility index (Phi) is 6.04. The maximum Gasteiger partial charge on any atom is 0.255 e. The maximum absolute atomic E-state index is 12.9. The van der Waals surface area contributed by atoms with Crippen LogP contribution in [0.5, 0.6) is 5.75 Å². The first-order valence-corrected chi connectivity index (χ1v) is 8.32. The molecule has 0 unspecified atom stereocenters. The maximum atomic E-state index is 12.9. The topological polar surface area (TPSA) is 67.6 Å². The third kappa shape index (κ3) is 4.97. The standard InChI is InChI=1S/C20H27N3O2/c1-20(2,13-21)14-23(3)19(24)17-7-5-6-8-18(17)22-15-9-11-16(25-4)12-10-15/h5-12,22H,13-14,21H2,1-4H3. The summed E-state index contributed by atoms with van der Waals surface area (Å²) >= 11 is 0. The number of nitrogens with one attached hydrogen (secondary N) is 1. The summed E-state index contributed by atoms with van der Waals surface area (Å²) in [5, 5.41) is 3.31. The fraction of sp³-hybridized carbons (Fsp3) is 0.350. The number of anilines is 2. The summed E-state index contributed by atoms with van der Waals surface area (Å²) in [6, 6.07) is 15.1. The molecule has 5 heteroatoms. The van der Waals surface area contributed by atoms with Crippen LogP contribution in [0.4, 0.5) is 11.4 Å². The Bertz CT molecular complexity index is 711. The van der Waals surface area contributed by atoms with Gasteiger partial charge in [-0.2, -0.15) is 0 Å². The molecule has 2 aromatic rings. The van der Waals surface area contributed by atoms with Crippen molar-refractivity contribution in [1.82, 2.24) is 4.90 Å². The van der Waals surface area contributed by atoms with E-state index in [-0.39, 0.29) is 11.3 Å². The molecule has 0 aliphatic rings. The molecular formula is C20H27N3O2. The van der Waals surface area contributed by atoms with E-state index >= 15 is 0 Å². The first kappa shape index (κ1) is 18.8. The zero-order chi connectivity index (χ0) is 18.4. The Hall–Kier alpha value is -2.53. The third-order valence-electron chi connectivity index (χ3n) is 4.09. The summed E-state index contributed by atoms with van der Waals surface area (Å²) in [5.74, 6) is 0.761. The molecule has 25 heavy (non-hydrogen) atoms. The highest BCUT2D eigenvalue weighted by Gasteiger charge is 2.23. The summed E-state index contributed by atoms with van der Waals surface area (Å²) in [6.45, 7) is 5.23. The molecule has 2 rings (SSSR count). The van der Waals surface area contributed by atoms with Crippen LogP contribution >= 0.6 is 0 Å². The number of para-hydroxylation sites is 1. The van der Waals surface area contributed by atoms with E-state index in [4.69, 9.17) is 10.5 Å². The summed E-state index contributed by atoms with van der Waals surface area (Å²) < 4.78 is 5.17. The van der Waals surface area contributed by atoms with E-state index < -0.39 is 0 Å². The summed E-state index contributed by atoms with van der Waals surface area (Å²) in [4.78, 5) is 14.6. The Morgan fingerprint density at radius 3 is 2.40 bits per heavy atom. The summed E-state index contributed by atoms with van der Waals surface area (Å²) in [6.07, 6.45) is 0. The van der Waals surface area contributed by atoms with Crippen molar-refractivity contribution in [3.8, 4) is 5.75 Å². The number of rotatable bonds is 7. The zero-order valence-electron chi connectivity index (χ0n) is 15.4. The second-order valence-corrected chi connectivity index (χ2v) is 6.93. The Balaban J connectivity index is 2.20. The van der Waals surface area contributed by atoms with Gasteiger partial charge in [-0.1, -0.05) is 26.0 Å². The lowest BCUT2D eigenvalue weighted by Gasteiger charge is -2.29. The van der Waals surface area contributed by atoms with Crippen molar-refractivity contribution in [2.24, 2.45) is 11.1 Å². The van der Waals surface area contributed by atoms with Gasteiger partial charge in [0.25, 0.3) is 5.91 Å². The van der Waals surface area contributed by atoms with Crippen LogP contribution in [0.1, 0.15) is 24.2 Å². The summed E-state index contributed by atoms with van der Waals surface area (Å²) in [5.41, 5.74) is 7.97. The van der Waals surface area contributed by atoms with Gasteiger partial charge >= 0.3 is 0 Å². The van der Waals surface area contributed by atoms with Crippen molar-refractivity contribution in [3.05, 3.63) is 54.1 Å². The van der Waals surface area contributed by atoms with Gasteiger partial charge in [0.15, 0.2) is 0 Å². The largest absolute Gasteiger partial charge is 0.497 e. The molecule has 0 radical (unpaired) electrons. The van der Waals surface area contributed by atoms with Crippen LogP contribution in [0, 0.1) is 5.41 Å². The smallest absolute Gasteiger partial charge is 0.255 e. The van der Waals surface area contributed by atoms with Crippen LogP contribution < -0.4 is 15.8 Å². The monoisotopic (exact) mass is 341 g/mol. The van der Waals surface area contributed by atoms with E-state index in [0.717, 1.165) is 17.1 Å². The van der Waals surface area contributed by atoms with Crippen LogP contribution in [0.3, 0.4) is 0 Å². The fourth-order valence-corrected chi connectivity index (χ4v) is 2.59. The fourth-order valence-electron chi connectivity index (χ4n) is 2.59. The lowest BCUT2D eigenvalue weighted by Crippen LogP contribution is -2.39. The number of ether oxygens (including phenoxy) is 1.